The summed E-state index contributed by atoms with van der Waals surface area (Å²) in [6.45, 7) is 6.12. The van der Waals surface area contributed by atoms with Crippen LogP contribution in [0.15, 0.2) is 35.2 Å². The third-order valence-electron chi connectivity index (χ3n) is 3.26. The van der Waals surface area contributed by atoms with Gasteiger partial charge in [0.25, 0.3) is 5.91 Å². The fourth-order valence-electron chi connectivity index (χ4n) is 2.29. The summed E-state index contributed by atoms with van der Waals surface area (Å²) in [6.07, 6.45) is 5.46. The van der Waals surface area contributed by atoms with Gasteiger partial charge in [-0.15, -0.1) is 0 Å². The molecular formula is C15H16N4O. The van der Waals surface area contributed by atoms with E-state index in [0.29, 0.717) is 5.57 Å². The fraction of sp³-hybridized carbons (Fsp3) is 0.267. The van der Waals surface area contributed by atoms with E-state index < -0.39 is 0 Å². The smallest absolute Gasteiger partial charge is 0.273 e. The molecular weight excluding hydrogens is 252 g/mol. The summed E-state index contributed by atoms with van der Waals surface area (Å²) in [4.78, 5) is 19.3. The predicted molar refractivity (Wildman–Crippen MR) is 79.1 cm³/mol. The van der Waals surface area contributed by atoms with Crippen molar-refractivity contribution in [2.45, 2.75) is 20.8 Å². The third kappa shape index (κ3) is 2.01. The van der Waals surface area contributed by atoms with E-state index in [1.165, 1.54) is 0 Å². The van der Waals surface area contributed by atoms with E-state index in [9.17, 15) is 4.79 Å². The molecule has 2 aromatic rings. The maximum atomic E-state index is 12.0. The van der Waals surface area contributed by atoms with Gasteiger partial charge in [0.2, 0.25) is 0 Å². The number of pyridine rings is 1. The van der Waals surface area contributed by atoms with Crippen LogP contribution >= 0.6 is 0 Å². The largest absolute Gasteiger partial charge is 0.346 e. The molecule has 20 heavy (non-hydrogen) atoms. The van der Waals surface area contributed by atoms with E-state index in [0.717, 1.165) is 22.3 Å². The lowest BCUT2D eigenvalue weighted by molar-refractivity contribution is -0.116. The van der Waals surface area contributed by atoms with Crippen molar-refractivity contribution in [2.24, 2.45) is 10.5 Å². The second-order valence-corrected chi connectivity index (χ2v) is 5.85. The normalized spacial score (nSPS) is 17.6. The van der Waals surface area contributed by atoms with Crippen molar-refractivity contribution in [2.75, 3.05) is 0 Å². The Morgan fingerprint density at radius 1 is 1.30 bits per heavy atom. The van der Waals surface area contributed by atoms with Gasteiger partial charge >= 0.3 is 0 Å². The van der Waals surface area contributed by atoms with Crippen molar-refractivity contribution in [3.63, 3.8) is 0 Å². The highest BCUT2D eigenvalue weighted by atomic mass is 16.2. The van der Waals surface area contributed by atoms with E-state index in [4.69, 9.17) is 0 Å². The molecule has 0 saturated heterocycles. The molecule has 102 valence electrons. The number of fused-ring (bicyclic) bond motifs is 1. The van der Waals surface area contributed by atoms with E-state index >= 15 is 0 Å². The average molecular weight is 268 g/mol. The van der Waals surface area contributed by atoms with E-state index in [2.05, 4.69) is 20.5 Å². The molecule has 0 bridgehead atoms. The Balaban J connectivity index is 2.11. The Kier molecular flexibility index (Phi) is 2.71. The van der Waals surface area contributed by atoms with Gasteiger partial charge in [0, 0.05) is 28.8 Å². The molecule has 2 N–H and O–H groups in total. The van der Waals surface area contributed by atoms with E-state index in [1.807, 2.05) is 45.2 Å². The molecule has 0 unspecified atom stereocenters. The molecule has 0 atom stereocenters. The van der Waals surface area contributed by atoms with Crippen molar-refractivity contribution in [3.05, 3.63) is 35.7 Å². The topological polar surface area (TPSA) is 70.1 Å². The molecule has 5 nitrogen and oxygen atoms in total. The Bertz CT molecular complexity index is 747. The number of hydrogen-bond donors (Lipinski definition) is 2. The first-order valence-electron chi connectivity index (χ1n) is 6.49. The maximum absolute atomic E-state index is 12.0. The van der Waals surface area contributed by atoms with Crippen molar-refractivity contribution in [1.82, 2.24) is 15.4 Å². The molecule has 3 rings (SSSR count). The van der Waals surface area contributed by atoms with Gasteiger partial charge in [-0.2, -0.15) is 5.10 Å². The first-order chi connectivity index (χ1) is 9.47. The Morgan fingerprint density at radius 3 is 2.85 bits per heavy atom. The maximum Gasteiger partial charge on any atom is 0.273 e. The van der Waals surface area contributed by atoms with Gasteiger partial charge < -0.3 is 4.98 Å². The number of carbonyl (C=O) groups is 1. The first-order valence-corrected chi connectivity index (χ1v) is 6.49. The van der Waals surface area contributed by atoms with Gasteiger partial charge in [0.1, 0.15) is 5.65 Å². The summed E-state index contributed by atoms with van der Waals surface area (Å²) in [5.74, 6) is -0.159. The molecule has 1 amide bonds. The average Bonchev–Trinajstić information content (AvgIpc) is 2.95. The lowest BCUT2D eigenvalue weighted by Crippen LogP contribution is -2.22. The van der Waals surface area contributed by atoms with Crippen LogP contribution in [-0.2, 0) is 4.79 Å². The number of carbonyl (C=O) groups excluding carboxylic acids is 1. The van der Waals surface area contributed by atoms with Crippen LogP contribution in [0.4, 0.5) is 0 Å². The van der Waals surface area contributed by atoms with E-state index in [1.54, 1.807) is 6.20 Å². The second kappa shape index (κ2) is 4.30. The zero-order chi connectivity index (χ0) is 14.3. The number of hydrogen-bond acceptors (Lipinski definition) is 3. The van der Waals surface area contributed by atoms with Crippen LogP contribution in [0.5, 0.6) is 0 Å². The number of amides is 1. The predicted octanol–water partition coefficient (Wildman–Crippen LogP) is 2.48. The van der Waals surface area contributed by atoms with Crippen LogP contribution in [0.1, 0.15) is 26.3 Å². The lowest BCUT2D eigenvalue weighted by atomic mass is 9.85. The monoisotopic (exact) mass is 268 g/mol. The molecule has 0 radical (unpaired) electrons. The molecule has 1 aliphatic heterocycles. The highest BCUT2D eigenvalue weighted by Crippen LogP contribution is 2.27. The molecule has 0 aliphatic carbocycles. The molecule has 5 heteroatoms. The zero-order valence-electron chi connectivity index (χ0n) is 11.7. The van der Waals surface area contributed by atoms with Crippen molar-refractivity contribution in [1.29, 1.82) is 0 Å². The SMILES string of the molecule is CC(C)(C)C1=NNC(=O)/C1=C\c1c[nH]c2ncccc12. The van der Waals surface area contributed by atoms with Gasteiger partial charge in [-0.1, -0.05) is 20.8 Å². The molecule has 0 spiro atoms. The van der Waals surface area contributed by atoms with Crippen LogP contribution in [-0.4, -0.2) is 21.6 Å². The molecule has 1 aliphatic rings. The van der Waals surface area contributed by atoms with Crippen LogP contribution in [0.2, 0.25) is 0 Å². The van der Waals surface area contributed by atoms with Crippen molar-refractivity contribution >= 4 is 28.7 Å². The standard InChI is InChI=1S/C15H16N4O/c1-15(2,3)12-11(14(20)19-18-12)7-9-8-17-13-10(9)5-4-6-16-13/h4-8H,1-3H3,(H,16,17)(H,19,20)/b11-7-. The highest BCUT2D eigenvalue weighted by molar-refractivity contribution is 6.29. The van der Waals surface area contributed by atoms with Crippen LogP contribution in [0.25, 0.3) is 17.1 Å². The molecule has 0 fully saturated rings. The van der Waals surface area contributed by atoms with Gasteiger partial charge in [0.05, 0.1) is 11.3 Å². The van der Waals surface area contributed by atoms with Crippen molar-refractivity contribution < 1.29 is 4.79 Å². The molecule has 0 aromatic carbocycles. The second-order valence-electron chi connectivity index (χ2n) is 5.85. The number of aromatic nitrogens is 2. The number of nitrogens with one attached hydrogen (secondary N) is 2. The zero-order valence-corrected chi connectivity index (χ0v) is 11.7. The quantitative estimate of drug-likeness (QED) is 0.780. The highest BCUT2D eigenvalue weighted by Gasteiger charge is 2.31. The number of nitrogens with zero attached hydrogens (tertiary/aromatic N) is 2. The van der Waals surface area contributed by atoms with Gasteiger partial charge in [-0.25, -0.2) is 10.4 Å². The minimum absolute atomic E-state index is 0.159. The van der Waals surface area contributed by atoms with Gasteiger partial charge in [0.15, 0.2) is 0 Å². The van der Waals surface area contributed by atoms with Crippen LogP contribution < -0.4 is 5.43 Å². The lowest BCUT2D eigenvalue weighted by Gasteiger charge is -2.17. The Labute approximate surface area is 116 Å². The summed E-state index contributed by atoms with van der Waals surface area (Å²) in [5.41, 5.74) is 5.50. The number of H-pyrrole nitrogens is 1. The summed E-state index contributed by atoms with van der Waals surface area (Å²) < 4.78 is 0. The number of aromatic amines is 1. The Morgan fingerprint density at radius 2 is 2.10 bits per heavy atom. The van der Waals surface area contributed by atoms with E-state index in [-0.39, 0.29) is 11.3 Å². The molecule has 2 aromatic heterocycles. The van der Waals surface area contributed by atoms with Crippen molar-refractivity contribution in [3.8, 4) is 0 Å². The van der Waals surface area contributed by atoms with Gasteiger partial charge in [-0.05, 0) is 18.2 Å². The first kappa shape index (κ1) is 12.6. The molecule has 0 saturated carbocycles. The Hall–Kier alpha value is -2.43. The summed E-state index contributed by atoms with van der Waals surface area (Å²) >= 11 is 0. The minimum atomic E-state index is -0.185. The van der Waals surface area contributed by atoms with Gasteiger partial charge in [-0.3, -0.25) is 4.79 Å². The fourth-order valence-corrected chi connectivity index (χ4v) is 2.29. The molecule has 3 heterocycles. The summed E-state index contributed by atoms with van der Waals surface area (Å²) in [5, 5.41) is 5.15. The van der Waals surface area contributed by atoms with Crippen LogP contribution in [0.3, 0.4) is 0 Å². The van der Waals surface area contributed by atoms with Crippen LogP contribution in [0, 0.1) is 5.41 Å². The number of rotatable bonds is 1. The summed E-state index contributed by atoms with van der Waals surface area (Å²) in [6, 6.07) is 3.86. The third-order valence-corrected chi connectivity index (χ3v) is 3.26. The number of hydrazone groups is 1. The minimum Gasteiger partial charge on any atom is -0.346 e. The summed E-state index contributed by atoms with van der Waals surface area (Å²) in [7, 11) is 0.